The van der Waals surface area contributed by atoms with Crippen molar-refractivity contribution >= 4 is 11.6 Å². The number of alkyl halides is 5. The summed E-state index contributed by atoms with van der Waals surface area (Å²) in [6, 6.07) is 14.7. The van der Waals surface area contributed by atoms with Gasteiger partial charge in [-0.3, -0.25) is 0 Å². The second-order valence-electron chi connectivity index (χ2n) is 9.68. The molecule has 0 aliphatic carbocycles. The molecule has 0 atom stereocenters. The molecule has 0 aromatic heterocycles. The Hall–Kier alpha value is -4.23. The fraction of sp³-hybridized carbons (Fsp3) is 0.212. The highest BCUT2D eigenvalue weighted by Gasteiger charge is 2.39. The van der Waals surface area contributed by atoms with Gasteiger partial charge in [-0.15, -0.1) is 13.2 Å². The molecule has 0 aliphatic rings. The number of halogens is 9. The summed E-state index contributed by atoms with van der Waals surface area (Å²) < 4.78 is 118. The molecule has 0 fully saturated rings. The highest BCUT2D eigenvalue weighted by atomic mass is 35.5. The minimum Gasteiger partial charge on any atom is -0.429 e. The van der Waals surface area contributed by atoms with Crippen LogP contribution in [0.25, 0.3) is 11.1 Å². The van der Waals surface area contributed by atoms with Crippen LogP contribution >= 0.6 is 11.6 Å². The van der Waals surface area contributed by atoms with Gasteiger partial charge in [0.2, 0.25) is 0 Å². The van der Waals surface area contributed by atoms with Crippen LogP contribution in [0, 0.1) is 29.3 Å². The summed E-state index contributed by atoms with van der Waals surface area (Å²) in [5.74, 6) is -0.638. The Bertz CT molecular complexity index is 1670. The zero-order valence-corrected chi connectivity index (χ0v) is 23.7. The predicted octanol–water partition coefficient (Wildman–Crippen LogP) is 10.6. The van der Waals surface area contributed by atoms with Crippen molar-refractivity contribution in [3.63, 3.8) is 0 Å². The standard InChI is InChI=1S/C33H23ClF8O2/c1-2-3-4-5-20-6-8-21(9-7-20)10-11-22-12-14-25(28(35)16-22)23-13-15-26(29(36)17-23)32(38,39)43-24-18-27(34)31(30(37)19-24)44-33(40,41)42/h6-9,12-19H,2-5H2,1H3. The molecule has 0 saturated heterocycles. The van der Waals surface area contributed by atoms with E-state index in [0.717, 1.165) is 43.4 Å². The largest absolute Gasteiger partial charge is 0.573 e. The first-order valence-corrected chi connectivity index (χ1v) is 13.7. The van der Waals surface area contributed by atoms with E-state index >= 15 is 0 Å². The quantitative estimate of drug-likeness (QED) is 0.103. The summed E-state index contributed by atoms with van der Waals surface area (Å²) in [5, 5.41) is -1.01. The van der Waals surface area contributed by atoms with E-state index in [1.807, 2.05) is 24.3 Å². The lowest BCUT2D eigenvalue weighted by Crippen LogP contribution is -2.24. The molecule has 11 heteroatoms. The molecule has 0 heterocycles. The van der Waals surface area contributed by atoms with Crippen LogP contribution in [0.2, 0.25) is 5.02 Å². The fourth-order valence-corrected chi connectivity index (χ4v) is 4.47. The second-order valence-corrected chi connectivity index (χ2v) is 10.1. The summed E-state index contributed by atoms with van der Waals surface area (Å²) in [6.07, 6.45) is -5.34. The molecular weight excluding hydrogens is 616 g/mol. The number of hydrogen-bond donors (Lipinski definition) is 0. The lowest BCUT2D eigenvalue weighted by atomic mass is 10.0. The Kier molecular flexibility index (Phi) is 10.1. The van der Waals surface area contributed by atoms with Crippen molar-refractivity contribution in [2.45, 2.75) is 45.1 Å². The van der Waals surface area contributed by atoms with E-state index in [0.29, 0.717) is 23.8 Å². The maximum Gasteiger partial charge on any atom is 0.573 e. The SMILES string of the molecule is CCCCCc1ccc(C#Cc2ccc(-c3ccc(C(F)(F)Oc4cc(F)c(OC(F)(F)F)c(Cl)c4)c(F)c3)c(F)c2)cc1. The minimum atomic E-state index is -5.30. The third-order valence-electron chi connectivity index (χ3n) is 6.37. The maximum atomic E-state index is 14.9. The molecule has 0 radical (unpaired) electrons. The molecule has 2 nitrogen and oxygen atoms in total. The molecule has 0 unspecified atom stereocenters. The molecular formula is C33H23ClF8O2. The van der Waals surface area contributed by atoms with Crippen LogP contribution in [-0.2, 0) is 12.5 Å². The van der Waals surface area contributed by atoms with Crippen LogP contribution in [0.1, 0.15) is 48.4 Å². The van der Waals surface area contributed by atoms with E-state index < -0.39 is 52.0 Å². The molecule has 0 aliphatic heterocycles. The number of rotatable bonds is 9. The molecule has 0 N–H and O–H groups in total. The van der Waals surface area contributed by atoms with Crippen LogP contribution in [0.3, 0.4) is 0 Å². The lowest BCUT2D eigenvalue weighted by Gasteiger charge is -2.20. The fourth-order valence-electron chi connectivity index (χ4n) is 4.24. The van der Waals surface area contributed by atoms with Gasteiger partial charge in [0.05, 0.1) is 10.6 Å². The van der Waals surface area contributed by atoms with Crippen molar-refractivity contribution in [1.29, 1.82) is 0 Å². The van der Waals surface area contributed by atoms with E-state index in [1.54, 1.807) is 0 Å². The Morgan fingerprint density at radius 1 is 0.705 bits per heavy atom. The van der Waals surface area contributed by atoms with Crippen molar-refractivity contribution in [3.8, 4) is 34.5 Å². The smallest absolute Gasteiger partial charge is 0.429 e. The maximum absolute atomic E-state index is 14.9. The Labute approximate surface area is 253 Å². The third kappa shape index (κ3) is 8.44. The van der Waals surface area contributed by atoms with E-state index in [2.05, 4.69) is 28.2 Å². The molecule has 4 aromatic carbocycles. The van der Waals surface area contributed by atoms with Crippen LogP contribution in [0.5, 0.6) is 11.5 Å². The second kappa shape index (κ2) is 13.6. The van der Waals surface area contributed by atoms with Crippen molar-refractivity contribution in [2.24, 2.45) is 0 Å². The monoisotopic (exact) mass is 638 g/mol. The molecule has 0 saturated carbocycles. The number of hydrogen-bond acceptors (Lipinski definition) is 2. The summed E-state index contributed by atoms with van der Waals surface area (Å²) in [6.45, 7) is 2.14. The van der Waals surface area contributed by atoms with Gasteiger partial charge in [0.15, 0.2) is 11.6 Å². The van der Waals surface area contributed by atoms with Gasteiger partial charge in [0, 0.05) is 28.8 Å². The molecule has 0 spiro atoms. The first-order valence-electron chi connectivity index (χ1n) is 13.3. The van der Waals surface area contributed by atoms with E-state index in [1.165, 1.54) is 17.7 Å². The highest BCUT2D eigenvalue weighted by molar-refractivity contribution is 6.32. The average Bonchev–Trinajstić information content (AvgIpc) is 2.94. The summed E-state index contributed by atoms with van der Waals surface area (Å²) >= 11 is 5.53. The van der Waals surface area contributed by atoms with E-state index in [4.69, 9.17) is 11.6 Å². The molecule has 4 rings (SSSR count). The highest BCUT2D eigenvalue weighted by Crippen LogP contribution is 2.40. The number of aryl methyl sites for hydroxylation is 1. The summed E-state index contributed by atoms with van der Waals surface area (Å²) in [7, 11) is 0. The van der Waals surface area contributed by atoms with Crippen LogP contribution in [0.4, 0.5) is 35.1 Å². The van der Waals surface area contributed by atoms with Gasteiger partial charge in [0.1, 0.15) is 17.4 Å². The molecule has 4 aromatic rings. The van der Waals surface area contributed by atoms with E-state index in [-0.39, 0.29) is 17.2 Å². The van der Waals surface area contributed by atoms with Crippen molar-refractivity contribution in [1.82, 2.24) is 0 Å². The average molecular weight is 639 g/mol. The van der Waals surface area contributed by atoms with Crippen molar-refractivity contribution < 1.29 is 44.6 Å². The van der Waals surface area contributed by atoms with Gasteiger partial charge in [-0.1, -0.05) is 67.5 Å². The molecule has 230 valence electrons. The van der Waals surface area contributed by atoms with Gasteiger partial charge in [-0.05, 0) is 60.4 Å². The first-order chi connectivity index (χ1) is 20.8. The number of unbranched alkanes of at least 4 members (excludes halogenated alkanes) is 2. The third-order valence-corrected chi connectivity index (χ3v) is 6.65. The van der Waals surface area contributed by atoms with Crippen molar-refractivity contribution in [3.05, 3.63) is 118 Å². The van der Waals surface area contributed by atoms with Gasteiger partial charge < -0.3 is 9.47 Å². The number of benzene rings is 4. The Morgan fingerprint density at radius 3 is 2.00 bits per heavy atom. The van der Waals surface area contributed by atoms with Gasteiger partial charge in [-0.2, -0.15) is 8.78 Å². The van der Waals surface area contributed by atoms with Crippen LogP contribution in [0.15, 0.2) is 72.8 Å². The molecule has 0 amide bonds. The van der Waals surface area contributed by atoms with Crippen LogP contribution in [-0.4, -0.2) is 6.36 Å². The molecule has 44 heavy (non-hydrogen) atoms. The zero-order chi connectivity index (χ0) is 32.1. The van der Waals surface area contributed by atoms with Crippen molar-refractivity contribution in [2.75, 3.05) is 0 Å². The predicted molar refractivity (Wildman–Crippen MR) is 150 cm³/mol. The Morgan fingerprint density at radius 2 is 1.39 bits per heavy atom. The summed E-state index contributed by atoms with van der Waals surface area (Å²) in [5.41, 5.74) is 0.829. The zero-order valence-electron chi connectivity index (χ0n) is 23.0. The normalized spacial score (nSPS) is 11.6. The topological polar surface area (TPSA) is 18.5 Å². The van der Waals surface area contributed by atoms with Gasteiger partial charge in [-0.25, -0.2) is 13.2 Å². The number of ether oxygens (including phenoxy) is 2. The Balaban J connectivity index is 1.49. The van der Waals surface area contributed by atoms with Gasteiger partial charge in [0.25, 0.3) is 0 Å². The first kappa shape index (κ1) is 32.7. The van der Waals surface area contributed by atoms with E-state index in [9.17, 15) is 35.1 Å². The van der Waals surface area contributed by atoms with Gasteiger partial charge >= 0.3 is 12.5 Å². The minimum absolute atomic E-state index is 0.0690. The summed E-state index contributed by atoms with van der Waals surface area (Å²) in [4.78, 5) is 0. The molecule has 0 bridgehead atoms. The van der Waals surface area contributed by atoms with Crippen LogP contribution < -0.4 is 9.47 Å². The lowest BCUT2D eigenvalue weighted by molar-refractivity contribution is -0.275.